The summed E-state index contributed by atoms with van der Waals surface area (Å²) in [6.45, 7) is 0. The van der Waals surface area contributed by atoms with Crippen molar-refractivity contribution in [3.05, 3.63) is 134 Å². The molecule has 0 bridgehead atoms. The van der Waals surface area contributed by atoms with E-state index >= 15 is 0 Å². The smallest absolute Gasteiger partial charge is 0.225 e. The second-order valence-electron chi connectivity index (χ2n) is 9.90. The number of nitrogens with zero attached hydrogens (tertiary/aromatic N) is 2. The minimum absolute atomic E-state index is 0.628. The van der Waals surface area contributed by atoms with Crippen molar-refractivity contribution in [1.82, 2.24) is 9.97 Å². The summed E-state index contributed by atoms with van der Waals surface area (Å²) < 4.78 is 10.9. The molecule has 4 heteroatoms. The summed E-state index contributed by atoms with van der Waals surface area (Å²) in [7, 11) is 0. The fraction of sp³-hybridized carbons (Fsp3) is 0. The molecule has 6 aromatic carbocycles. The molecule has 0 amide bonds. The van der Waals surface area contributed by atoms with Gasteiger partial charge in [-0.3, -0.25) is 0 Å². The lowest BCUT2D eigenvalue weighted by atomic mass is 9.90. The molecule has 0 spiro atoms. The Morgan fingerprint density at radius 1 is 0.350 bits per heavy atom. The van der Waals surface area contributed by atoms with E-state index in [9.17, 15) is 0 Å². The largest absolute Gasteiger partial charge is 0.445 e. The van der Waals surface area contributed by atoms with E-state index in [-0.39, 0.29) is 0 Å². The first-order valence-corrected chi connectivity index (χ1v) is 13.2. The van der Waals surface area contributed by atoms with Gasteiger partial charge in [0.05, 0.1) is 12.4 Å². The van der Waals surface area contributed by atoms with E-state index in [1.165, 1.54) is 43.4 Å². The minimum Gasteiger partial charge on any atom is -0.445 e. The van der Waals surface area contributed by atoms with Gasteiger partial charge in [0, 0.05) is 11.1 Å². The van der Waals surface area contributed by atoms with E-state index in [1.807, 2.05) is 0 Å². The van der Waals surface area contributed by atoms with Gasteiger partial charge in [0.15, 0.2) is 0 Å². The summed E-state index contributed by atoms with van der Waals surface area (Å²) in [4.78, 5) is 8.54. The van der Waals surface area contributed by atoms with Crippen LogP contribution in [0.15, 0.2) is 143 Å². The van der Waals surface area contributed by atoms with Crippen LogP contribution in [-0.4, -0.2) is 9.97 Å². The zero-order valence-electron chi connectivity index (χ0n) is 21.4. The van der Waals surface area contributed by atoms with E-state index in [4.69, 9.17) is 8.83 Å². The minimum atomic E-state index is 0.628. The maximum absolute atomic E-state index is 5.47. The van der Waals surface area contributed by atoms with Crippen LogP contribution < -0.4 is 0 Å². The highest BCUT2D eigenvalue weighted by atomic mass is 16.3. The third-order valence-electron chi connectivity index (χ3n) is 7.63. The fourth-order valence-corrected chi connectivity index (χ4v) is 5.66. The van der Waals surface area contributed by atoms with Gasteiger partial charge in [-0.2, -0.15) is 0 Å². The summed E-state index contributed by atoms with van der Waals surface area (Å²) >= 11 is 0. The summed E-state index contributed by atoms with van der Waals surface area (Å²) in [5, 5.41) is 7.50. The van der Waals surface area contributed by atoms with Gasteiger partial charge in [0.2, 0.25) is 11.8 Å². The van der Waals surface area contributed by atoms with Gasteiger partial charge in [-0.1, -0.05) is 72.8 Å². The summed E-state index contributed by atoms with van der Waals surface area (Å²) in [6.07, 6.45) is 6.53. The SMILES string of the molecule is c1ccc2c(c1)c1ccc(-c3ccc(-c4ncco4)cc3)cc1c1cc(-c3ccc(-c4ncco4)cc3)ccc21. The molecule has 0 radical (unpaired) electrons. The van der Waals surface area contributed by atoms with Gasteiger partial charge >= 0.3 is 0 Å². The number of hydrogen-bond acceptors (Lipinski definition) is 4. The van der Waals surface area contributed by atoms with Crippen LogP contribution in [0.5, 0.6) is 0 Å². The molecule has 2 heterocycles. The normalized spacial score (nSPS) is 11.5. The highest BCUT2D eigenvalue weighted by Crippen LogP contribution is 2.39. The molecule has 0 N–H and O–H groups in total. The number of oxazole rings is 2. The molecule has 0 aliphatic rings. The van der Waals surface area contributed by atoms with Crippen molar-refractivity contribution >= 4 is 32.3 Å². The number of hydrogen-bond donors (Lipinski definition) is 0. The van der Waals surface area contributed by atoms with Crippen LogP contribution in [0.1, 0.15) is 0 Å². The van der Waals surface area contributed by atoms with Crippen LogP contribution in [0.3, 0.4) is 0 Å². The Labute approximate surface area is 230 Å². The molecule has 0 fully saturated rings. The molecule has 8 rings (SSSR count). The number of fused-ring (bicyclic) bond motifs is 6. The maximum Gasteiger partial charge on any atom is 0.225 e. The number of benzene rings is 6. The first kappa shape index (κ1) is 22.5. The van der Waals surface area contributed by atoms with E-state index in [2.05, 4.69) is 119 Å². The summed E-state index contributed by atoms with van der Waals surface area (Å²) in [5.41, 5.74) is 6.56. The van der Waals surface area contributed by atoms with Gasteiger partial charge in [-0.15, -0.1) is 0 Å². The van der Waals surface area contributed by atoms with E-state index in [0.29, 0.717) is 11.8 Å². The monoisotopic (exact) mass is 514 g/mol. The molecule has 0 unspecified atom stereocenters. The predicted octanol–water partition coefficient (Wildman–Crippen LogP) is 9.79. The molecule has 0 saturated heterocycles. The average Bonchev–Trinajstić information content (AvgIpc) is 3.77. The highest BCUT2D eigenvalue weighted by Gasteiger charge is 2.12. The van der Waals surface area contributed by atoms with E-state index in [0.717, 1.165) is 22.3 Å². The molecule has 40 heavy (non-hydrogen) atoms. The quantitative estimate of drug-likeness (QED) is 0.219. The molecule has 0 aliphatic carbocycles. The van der Waals surface area contributed by atoms with Crippen molar-refractivity contribution in [1.29, 1.82) is 0 Å². The Kier molecular flexibility index (Phi) is 5.10. The first-order chi connectivity index (χ1) is 19.8. The zero-order valence-corrected chi connectivity index (χ0v) is 21.4. The van der Waals surface area contributed by atoms with Crippen LogP contribution >= 0.6 is 0 Å². The predicted molar refractivity (Wildman–Crippen MR) is 161 cm³/mol. The van der Waals surface area contributed by atoms with Crippen molar-refractivity contribution in [3.8, 4) is 45.2 Å². The van der Waals surface area contributed by atoms with Crippen molar-refractivity contribution in [2.75, 3.05) is 0 Å². The third-order valence-corrected chi connectivity index (χ3v) is 7.63. The zero-order chi connectivity index (χ0) is 26.5. The topological polar surface area (TPSA) is 52.1 Å². The lowest BCUT2D eigenvalue weighted by Gasteiger charge is -2.14. The lowest BCUT2D eigenvalue weighted by molar-refractivity contribution is 0.574. The Hall–Kier alpha value is -5.48. The van der Waals surface area contributed by atoms with Crippen molar-refractivity contribution < 1.29 is 8.83 Å². The maximum atomic E-state index is 5.47. The van der Waals surface area contributed by atoms with Gasteiger partial charge < -0.3 is 8.83 Å². The molecule has 0 aliphatic heterocycles. The van der Waals surface area contributed by atoms with E-state index < -0.39 is 0 Å². The van der Waals surface area contributed by atoms with Gasteiger partial charge in [-0.05, 0) is 91.0 Å². The summed E-state index contributed by atoms with van der Waals surface area (Å²) in [6, 6.07) is 39.0. The van der Waals surface area contributed by atoms with Crippen molar-refractivity contribution in [2.24, 2.45) is 0 Å². The second-order valence-corrected chi connectivity index (χ2v) is 9.90. The van der Waals surface area contributed by atoms with Crippen LogP contribution in [0.25, 0.3) is 77.5 Å². The third kappa shape index (κ3) is 3.69. The number of aromatic nitrogens is 2. The second kappa shape index (κ2) is 9.07. The van der Waals surface area contributed by atoms with Crippen LogP contribution in [0, 0.1) is 0 Å². The number of rotatable bonds is 4. The molecule has 8 aromatic rings. The van der Waals surface area contributed by atoms with Crippen molar-refractivity contribution in [2.45, 2.75) is 0 Å². The standard InChI is InChI=1S/C36H22N2O2/c1-2-4-30-29(3-1)31-15-13-27(23-5-9-25(10-6-23)35-37-17-19-39-35)21-33(31)34-22-28(14-16-32(30)34)24-7-11-26(12-8-24)36-38-18-20-40-36/h1-22H. The fourth-order valence-electron chi connectivity index (χ4n) is 5.66. The summed E-state index contributed by atoms with van der Waals surface area (Å²) in [5.74, 6) is 1.26. The Balaban J connectivity index is 1.29. The van der Waals surface area contributed by atoms with E-state index in [1.54, 1.807) is 24.9 Å². The van der Waals surface area contributed by atoms with Crippen LogP contribution in [-0.2, 0) is 0 Å². The van der Waals surface area contributed by atoms with Gasteiger partial charge in [-0.25, -0.2) is 9.97 Å². The molecule has 2 aromatic heterocycles. The molecule has 188 valence electrons. The lowest BCUT2D eigenvalue weighted by Crippen LogP contribution is -1.87. The van der Waals surface area contributed by atoms with Crippen molar-refractivity contribution in [3.63, 3.8) is 0 Å². The highest BCUT2D eigenvalue weighted by molar-refractivity contribution is 6.26. The molecule has 0 atom stereocenters. The molecule has 4 nitrogen and oxygen atoms in total. The Morgan fingerprint density at radius 2 is 0.725 bits per heavy atom. The molecular weight excluding hydrogens is 492 g/mol. The Bertz CT molecular complexity index is 1970. The van der Waals surface area contributed by atoms with Crippen LogP contribution in [0.2, 0.25) is 0 Å². The first-order valence-electron chi connectivity index (χ1n) is 13.2. The van der Waals surface area contributed by atoms with Gasteiger partial charge in [0.1, 0.15) is 12.5 Å². The molecule has 0 saturated carbocycles. The Morgan fingerprint density at radius 3 is 1.12 bits per heavy atom. The average molecular weight is 515 g/mol. The van der Waals surface area contributed by atoms with Crippen LogP contribution in [0.4, 0.5) is 0 Å². The van der Waals surface area contributed by atoms with Gasteiger partial charge in [0.25, 0.3) is 0 Å². The molecular formula is C36H22N2O2.